The lowest BCUT2D eigenvalue weighted by molar-refractivity contribution is 0.156. The number of aliphatic hydroxyl groups excluding tert-OH is 1. The molecule has 2 nitrogen and oxygen atoms in total. The second-order valence-electron chi connectivity index (χ2n) is 5.19. The Balaban J connectivity index is 1.73. The Morgan fingerprint density at radius 2 is 2.10 bits per heavy atom. The van der Waals surface area contributed by atoms with Gasteiger partial charge < -0.3 is 9.84 Å². The van der Waals surface area contributed by atoms with E-state index in [1.807, 2.05) is 36.4 Å². The smallest absolute Gasteiger partial charge is 0.120 e. The molecule has 1 aliphatic rings. The van der Waals surface area contributed by atoms with Crippen LogP contribution >= 0.6 is 11.6 Å². The fourth-order valence-electron chi connectivity index (χ4n) is 2.64. The number of ether oxygens (including phenoxy) is 1. The molecule has 0 saturated heterocycles. The molecule has 0 amide bonds. The van der Waals surface area contributed by atoms with Crippen LogP contribution < -0.4 is 4.74 Å². The number of fused-ring (bicyclic) bond motifs is 1. The molecule has 0 heterocycles. The largest absolute Gasteiger partial charge is 0.489 e. The highest BCUT2D eigenvalue weighted by molar-refractivity contribution is 6.30. The highest BCUT2D eigenvalue weighted by Gasteiger charge is 2.18. The van der Waals surface area contributed by atoms with Crippen molar-refractivity contribution < 1.29 is 9.84 Å². The first-order chi connectivity index (χ1) is 9.72. The SMILES string of the molecule is OC1CCCc2ccc(OCc3cccc(Cl)c3)cc21. The molecule has 2 aromatic rings. The van der Waals surface area contributed by atoms with Crippen molar-refractivity contribution in [2.45, 2.75) is 32.0 Å². The van der Waals surface area contributed by atoms with Crippen LogP contribution in [0.25, 0.3) is 0 Å². The van der Waals surface area contributed by atoms with Gasteiger partial charge in [0, 0.05) is 5.02 Å². The van der Waals surface area contributed by atoms with Gasteiger partial charge in [-0.3, -0.25) is 0 Å². The molecule has 0 spiro atoms. The van der Waals surface area contributed by atoms with Gasteiger partial charge in [0.05, 0.1) is 6.10 Å². The van der Waals surface area contributed by atoms with Gasteiger partial charge in [-0.1, -0.05) is 29.8 Å². The van der Waals surface area contributed by atoms with Gasteiger partial charge in [-0.15, -0.1) is 0 Å². The zero-order chi connectivity index (χ0) is 13.9. The maximum atomic E-state index is 10.0. The Labute approximate surface area is 124 Å². The Hall–Kier alpha value is -1.51. The molecule has 0 aromatic heterocycles. The van der Waals surface area contributed by atoms with Crippen LogP contribution in [-0.2, 0) is 13.0 Å². The third kappa shape index (κ3) is 2.97. The molecule has 20 heavy (non-hydrogen) atoms. The Morgan fingerprint density at radius 3 is 2.95 bits per heavy atom. The van der Waals surface area contributed by atoms with Crippen LogP contribution in [0, 0.1) is 0 Å². The lowest BCUT2D eigenvalue weighted by Gasteiger charge is -2.22. The van der Waals surface area contributed by atoms with E-state index in [0.29, 0.717) is 11.6 Å². The van der Waals surface area contributed by atoms with Gasteiger partial charge in [-0.05, 0) is 60.2 Å². The lowest BCUT2D eigenvalue weighted by Crippen LogP contribution is -2.09. The minimum atomic E-state index is -0.353. The first-order valence-electron chi connectivity index (χ1n) is 6.90. The highest BCUT2D eigenvalue weighted by atomic mass is 35.5. The summed E-state index contributed by atoms with van der Waals surface area (Å²) in [6.07, 6.45) is 2.58. The second-order valence-corrected chi connectivity index (χ2v) is 5.62. The molecule has 0 fully saturated rings. The molecule has 3 heteroatoms. The minimum absolute atomic E-state index is 0.353. The molecule has 1 aliphatic carbocycles. The van der Waals surface area contributed by atoms with E-state index in [-0.39, 0.29) is 6.10 Å². The summed E-state index contributed by atoms with van der Waals surface area (Å²) >= 11 is 5.95. The molecular weight excluding hydrogens is 272 g/mol. The maximum Gasteiger partial charge on any atom is 0.120 e. The maximum absolute atomic E-state index is 10.0. The highest BCUT2D eigenvalue weighted by Crippen LogP contribution is 2.32. The topological polar surface area (TPSA) is 29.5 Å². The Bertz CT molecular complexity index is 610. The first-order valence-corrected chi connectivity index (χ1v) is 7.28. The third-order valence-electron chi connectivity index (χ3n) is 3.69. The molecule has 104 valence electrons. The molecule has 1 unspecified atom stereocenters. The number of aliphatic hydroxyl groups is 1. The van der Waals surface area contributed by atoms with E-state index < -0.39 is 0 Å². The normalized spacial score (nSPS) is 17.6. The fraction of sp³-hybridized carbons (Fsp3) is 0.294. The standard InChI is InChI=1S/C17H17ClO2/c18-14-5-1-3-12(9-14)11-20-15-8-7-13-4-2-6-17(19)16(13)10-15/h1,3,5,7-10,17,19H,2,4,6,11H2. The third-order valence-corrected chi connectivity index (χ3v) is 3.93. The quantitative estimate of drug-likeness (QED) is 0.913. The van der Waals surface area contributed by atoms with Crippen LogP contribution in [-0.4, -0.2) is 5.11 Å². The van der Waals surface area contributed by atoms with Crippen LogP contribution in [0.3, 0.4) is 0 Å². The van der Waals surface area contributed by atoms with E-state index in [0.717, 1.165) is 36.1 Å². The lowest BCUT2D eigenvalue weighted by atomic mass is 9.89. The molecule has 3 rings (SSSR count). The van der Waals surface area contributed by atoms with Crippen molar-refractivity contribution in [2.75, 3.05) is 0 Å². The fourth-order valence-corrected chi connectivity index (χ4v) is 2.85. The van der Waals surface area contributed by atoms with Crippen LogP contribution in [0.4, 0.5) is 0 Å². The first kappa shape index (κ1) is 13.5. The number of halogens is 1. The molecule has 1 N–H and O–H groups in total. The van der Waals surface area contributed by atoms with E-state index >= 15 is 0 Å². The summed E-state index contributed by atoms with van der Waals surface area (Å²) in [4.78, 5) is 0. The van der Waals surface area contributed by atoms with Gasteiger partial charge in [0.15, 0.2) is 0 Å². The number of hydrogen-bond acceptors (Lipinski definition) is 2. The predicted molar refractivity (Wildman–Crippen MR) is 80.1 cm³/mol. The summed E-state index contributed by atoms with van der Waals surface area (Å²) in [6, 6.07) is 13.6. The van der Waals surface area contributed by atoms with Gasteiger partial charge in [-0.25, -0.2) is 0 Å². The summed E-state index contributed by atoms with van der Waals surface area (Å²) in [6.45, 7) is 0.482. The number of hydrogen-bond donors (Lipinski definition) is 1. The summed E-state index contributed by atoms with van der Waals surface area (Å²) in [5.74, 6) is 0.796. The van der Waals surface area contributed by atoms with Crippen molar-refractivity contribution in [3.63, 3.8) is 0 Å². The molecule has 0 bridgehead atoms. The van der Waals surface area contributed by atoms with E-state index in [9.17, 15) is 5.11 Å². The summed E-state index contributed by atoms with van der Waals surface area (Å²) in [5, 5.41) is 10.7. The van der Waals surface area contributed by atoms with Crippen LogP contribution in [0.5, 0.6) is 5.75 Å². The van der Waals surface area contributed by atoms with Crippen molar-refractivity contribution in [3.8, 4) is 5.75 Å². The molecular formula is C17H17ClO2. The van der Waals surface area contributed by atoms with Crippen molar-refractivity contribution in [2.24, 2.45) is 0 Å². The van der Waals surface area contributed by atoms with Crippen LogP contribution in [0.15, 0.2) is 42.5 Å². The van der Waals surface area contributed by atoms with Gasteiger partial charge >= 0.3 is 0 Å². The molecule has 0 radical (unpaired) electrons. The molecule has 1 atom stereocenters. The Kier molecular flexibility index (Phi) is 3.95. The van der Waals surface area contributed by atoms with E-state index in [1.165, 1.54) is 5.56 Å². The van der Waals surface area contributed by atoms with Crippen molar-refractivity contribution in [1.82, 2.24) is 0 Å². The molecule has 0 saturated carbocycles. The number of aryl methyl sites for hydroxylation is 1. The summed E-state index contributed by atoms with van der Waals surface area (Å²) < 4.78 is 5.79. The van der Waals surface area contributed by atoms with Gasteiger partial charge in [0.2, 0.25) is 0 Å². The van der Waals surface area contributed by atoms with E-state index in [1.54, 1.807) is 0 Å². The van der Waals surface area contributed by atoms with Crippen molar-refractivity contribution in [3.05, 3.63) is 64.2 Å². The van der Waals surface area contributed by atoms with Crippen molar-refractivity contribution >= 4 is 11.6 Å². The molecule has 2 aromatic carbocycles. The predicted octanol–water partition coefficient (Wildman–Crippen LogP) is 4.29. The zero-order valence-electron chi connectivity index (χ0n) is 11.2. The number of rotatable bonds is 3. The monoisotopic (exact) mass is 288 g/mol. The molecule has 0 aliphatic heterocycles. The van der Waals surface area contributed by atoms with Gasteiger partial charge in [0.1, 0.15) is 12.4 Å². The zero-order valence-corrected chi connectivity index (χ0v) is 11.9. The number of benzene rings is 2. The van der Waals surface area contributed by atoms with E-state index in [2.05, 4.69) is 6.07 Å². The second kappa shape index (κ2) is 5.86. The van der Waals surface area contributed by atoms with Crippen LogP contribution in [0.2, 0.25) is 5.02 Å². The Morgan fingerprint density at radius 1 is 1.20 bits per heavy atom. The summed E-state index contributed by atoms with van der Waals surface area (Å²) in [7, 11) is 0. The average molecular weight is 289 g/mol. The van der Waals surface area contributed by atoms with Crippen molar-refractivity contribution in [1.29, 1.82) is 0 Å². The minimum Gasteiger partial charge on any atom is -0.489 e. The van der Waals surface area contributed by atoms with Gasteiger partial charge in [0.25, 0.3) is 0 Å². The van der Waals surface area contributed by atoms with Crippen LogP contribution in [0.1, 0.15) is 35.6 Å². The van der Waals surface area contributed by atoms with E-state index in [4.69, 9.17) is 16.3 Å². The van der Waals surface area contributed by atoms with Gasteiger partial charge in [-0.2, -0.15) is 0 Å². The summed E-state index contributed by atoms with van der Waals surface area (Å²) in [5.41, 5.74) is 3.29. The average Bonchev–Trinajstić information content (AvgIpc) is 2.46.